The molecule has 0 spiro atoms. The number of carbonyl (C=O) groups excluding carboxylic acids is 2. The van der Waals surface area contributed by atoms with E-state index in [2.05, 4.69) is 15.2 Å². The first-order chi connectivity index (χ1) is 14.2. The molecule has 1 atom stereocenters. The summed E-state index contributed by atoms with van der Waals surface area (Å²) in [5, 5.41) is 7.88. The number of aryl methyl sites for hydroxylation is 1. The van der Waals surface area contributed by atoms with Crippen molar-refractivity contribution in [1.82, 2.24) is 15.2 Å². The molecule has 0 aliphatic rings. The van der Waals surface area contributed by atoms with Gasteiger partial charge in [0.25, 0.3) is 5.22 Å². The second-order valence-electron chi connectivity index (χ2n) is 6.78. The summed E-state index contributed by atoms with van der Waals surface area (Å²) in [5.41, 5.74) is 2.98. The summed E-state index contributed by atoms with van der Waals surface area (Å²) < 4.78 is 16.3. The molecule has 1 N–H and O–H groups in total. The number of Topliss-reactive ketones (excluding diaryl/α,β-unsaturated/α-hetero) is 2. The normalized spacial score (nSPS) is 11.9. The third-order valence-electron chi connectivity index (χ3n) is 4.69. The Hall–Kier alpha value is -3.07. The van der Waals surface area contributed by atoms with Crippen LogP contribution >= 0.6 is 11.8 Å². The molecule has 2 aromatic heterocycles. The minimum absolute atomic E-state index is 0.0733. The minimum atomic E-state index is -0.491. The van der Waals surface area contributed by atoms with Crippen molar-refractivity contribution in [1.29, 1.82) is 0 Å². The Kier molecular flexibility index (Phi) is 6.31. The van der Waals surface area contributed by atoms with Crippen LogP contribution in [0.3, 0.4) is 0 Å². The largest absolute Gasteiger partial charge is 0.497 e. The van der Waals surface area contributed by atoms with E-state index in [0.717, 1.165) is 11.8 Å². The Morgan fingerprint density at radius 3 is 2.27 bits per heavy atom. The molecular weight excluding hydrogens is 406 g/mol. The lowest BCUT2D eigenvalue weighted by Crippen LogP contribution is -2.15. The second-order valence-corrected chi connectivity index (χ2v) is 8.07. The monoisotopic (exact) mass is 429 g/mol. The summed E-state index contributed by atoms with van der Waals surface area (Å²) in [6.45, 7) is 6.80. The van der Waals surface area contributed by atoms with Gasteiger partial charge in [0, 0.05) is 22.9 Å². The maximum atomic E-state index is 12.9. The van der Waals surface area contributed by atoms with Crippen molar-refractivity contribution in [3.8, 4) is 23.0 Å². The Bertz CT molecular complexity index is 1080. The number of ketones is 2. The molecule has 2 heterocycles. The fourth-order valence-corrected chi connectivity index (χ4v) is 3.98. The van der Waals surface area contributed by atoms with Gasteiger partial charge in [-0.2, -0.15) is 0 Å². The van der Waals surface area contributed by atoms with E-state index in [1.54, 1.807) is 53.2 Å². The highest BCUT2D eigenvalue weighted by Crippen LogP contribution is 2.32. The molecule has 0 saturated carbocycles. The number of rotatable bonds is 8. The fraction of sp³-hybridized carbons (Fsp3) is 0.333. The Morgan fingerprint density at radius 2 is 1.73 bits per heavy atom. The molecule has 8 nitrogen and oxygen atoms in total. The highest BCUT2D eigenvalue weighted by molar-refractivity contribution is 8.00. The fourth-order valence-electron chi connectivity index (χ4n) is 3.24. The minimum Gasteiger partial charge on any atom is -0.497 e. The Labute approximate surface area is 178 Å². The Balaban J connectivity index is 1.80. The number of nitrogens with zero attached hydrogens (tertiary/aromatic N) is 2. The van der Waals surface area contributed by atoms with E-state index in [9.17, 15) is 9.59 Å². The van der Waals surface area contributed by atoms with Gasteiger partial charge in [0.2, 0.25) is 5.89 Å². The summed E-state index contributed by atoms with van der Waals surface area (Å²) in [7, 11) is 3.12. The van der Waals surface area contributed by atoms with Crippen LogP contribution in [0.25, 0.3) is 11.5 Å². The van der Waals surface area contributed by atoms with Crippen LogP contribution in [0.15, 0.2) is 27.8 Å². The van der Waals surface area contributed by atoms with Gasteiger partial charge in [-0.1, -0.05) is 11.8 Å². The summed E-state index contributed by atoms with van der Waals surface area (Å²) in [6.07, 6.45) is 0. The van der Waals surface area contributed by atoms with Crippen LogP contribution in [0.4, 0.5) is 0 Å². The van der Waals surface area contributed by atoms with Gasteiger partial charge in [-0.05, 0) is 45.4 Å². The van der Waals surface area contributed by atoms with Crippen LogP contribution in [0.2, 0.25) is 0 Å². The predicted molar refractivity (Wildman–Crippen MR) is 113 cm³/mol. The van der Waals surface area contributed by atoms with Gasteiger partial charge >= 0.3 is 0 Å². The molecule has 0 saturated heterocycles. The van der Waals surface area contributed by atoms with Crippen molar-refractivity contribution in [2.24, 2.45) is 0 Å². The number of carbonyl (C=O) groups is 2. The summed E-state index contributed by atoms with van der Waals surface area (Å²) in [6, 6.07) is 5.26. The lowest BCUT2D eigenvalue weighted by molar-refractivity contribution is 0.0988. The molecule has 0 bridgehead atoms. The molecule has 0 radical (unpaired) electrons. The van der Waals surface area contributed by atoms with E-state index in [4.69, 9.17) is 13.9 Å². The van der Waals surface area contributed by atoms with Gasteiger partial charge in [0.1, 0.15) is 11.5 Å². The second kappa shape index (κ2) is 8.74. The molecule has 0 aliphatic carbocycles. The molecule has 30 heavy (non-hydrogen) atoms. The lowest BCUT2D eigenvalue weighted by Gasteiger charge is -2.07. The molecule has 0 amide bonds. The topological polar surface area (TPSA) is 107 Å². The van der Waals surface area contributed by atoms with E-state index >= 15 is 0 Å². The molecular formula is C21H23N3O5S. The zero-order chi connectivity index (χ0) is 22.0. The summed E-state index contributed by atoms with van der Waals surface area (Å²) in [4.78, 5) is 27.8. The lowest BCUT2D eigenvalue weighted by atomic mass is 10.0. The molecule has 3 aromatic rings. The third-order valence-corrected chi connectivity index (χ3v) is 5.62. The zero-order valence-electron chi connectivity index (χ0n) is 17.7. The number of methoxy groups -OCH3 is 2. The standard InChI is InChI=1S/C21H23N3O5S/c1-10-17(12(3)25)11(2)22-18(10)19(26)13(4)30-21-24-23-20(29-21)14-7-15(27-5)9-16(8-14)28-6/h7-9,13,22H,1-6H3. The zero-order valence-corrected chi connectivity index (χ0v) is 18.5. The molecule has 3 rings (SSSR count). The highest BCUT2D eigenvalue weighted by Gasteiger charge is 2.26. The smallest absolute Gasteiger partial charge is 0.277 e. The third kappa shape index (κ3) is 4.25. The van der Waals surface area contributed by atoms with E-state index in [0.29, 0.717) is 45.5 Å². The maximum absolute atomic E-state index is 12.9. The quantitative estimate of drug-likeness (QED) is 0.418. The van der Waals surface area contributed by atoms with Crippen LogP contribution in [-0.4, -0.2) is 46.2 Å². The van der Waals surface area contributed by atoms with Crippen molar-refractivity contribution in [3.63, 3.8) is 0 Å². The Morgan fingerprint density at radius 1 is 1.10 bits per heavy atom. The number of thioether (sulfide) groups is 1. The van der Waals surface area contributed by atoms with Gasteiger partial charge in [0.15, 0.2) is 11.6 Å². The SMILES string of the molecule is COc1cc(OC)cc(-c2nnc(SC(C)C(=O)c3[nH]c(C)c(C(C)=O)c3C)o2)c1. The van der Waals surface area contributed by atoms with Crippen molar-refractivity contribution in [3.05, 3.63) is 40.7 Å². The number of hydrogen-bond acceptors (Lipinski definition) is 8. The van der Waals surface area contributed by atoms with Gasteiger partial charge in [-0.25, -0.2) is 0 Å². The molecule has 0 fully saturated rings. The molecule has 0 aliphatic heterocycles. The van der Waals surface area contributed by atoms with Crippen LogP contribution < -0.4 is 9.47 Å². The maximum Gasteiger partial charge on any atom is 0.277 e. The molecule has 1 aromatic carbocycles. The average Bonchev–Trinajstić information content (AvgIpc) is 3.30. The van der Waals surface area contributed by atoms with Crippen LogP contribution in [0.1, 0.15) is 46.0 Å². The van der Waals surface area contributed by atoms with Gasteiger partial charge in [-0.15, -0.1) is 10.2 Å². The number of benzene rings is 1. The molecule has 158 valence electrons. The van der Waals surface area contributed by atoms with Gasteiger partial charge in [-0.3, -0.25) is 9.59 Å². The first-order valence-electron chi connectivity index (χ1n) is 9.23. The van der Waals surface area contributed by atoms with Gasteiger partial charge in [0.05, 0.1) is 25.2 Å². The number of H-pyrrole nitrogens is 1. The number of ether oxygens (including phenoxy) is 2. The van der Waals surface area contributed by atoms with Gasteiger partial charge < -0.3 is 18.9 Å². The van der Waals surface area contributed by atoms with E-state index in [-0.39, 0.29) is 16.8 Å². The van der Waals surface area contributed by atoms with Crippen molar-refractivity contribution >= 4 is 23.3 Å². The highest BCUT2D eigenvalue weighted by atomic mass is 32.2. The van der Waals surface area contributed by atoms with E-state index in [1.807, 2.05) is 0 Å². The first-order valence-corrected chi connectivity index (χ1v) is 10.1. The predicted octanol–water partition coefficient (Wildman–Crippen LogP) is 4.26. The first kappa shape index (κ1) is 21.6. The summed E-state index contributed by atoms with van der Waals surface area (Å²) >= 11 is 1.16. The van der Waals surface area contributed by atoms with Crippen LogP contribution in [0.5, 0.6) is 11.5 Å². The van der Waals surface area contributed by atoms with Crippen molar-refractivity contribution in [2.75, 3.05) is 14.2 Å². The van der Waals surface area contributed by atoms with Crippen molar-refractivity contribution < 1.29 is 23.5 Å². The van der Waals surface area contributed by atoms with Crippen LogP contribution in [-0.2, 0) is 0 Å². The number of nitrogens with one attached hydrogen (secondary N) is 1. The van der Waals surface area contributed by atoms with E-state index < -0.39 is 5.25 Å². The van der Waals surface area contributed by atoms with Crippen LogP contribution in [0, 0.1) is 13.8 Å². The van der Waals surface area contributed by atoms with E-state index in [1.165, 1.54) is 6.92 Å². The molecule has 1 unspecified atom stereocenters. The number of aromatic amines is 1. The van der Waals surface area contributed by atoms with Crippen molar-refractivity contribution in [2.45, 2.75) is 38.2 Å². The molecule has 9 heteroatoms. The summed E-state index contributed by atoms with van der Waals surface area (Å²) in [5.74, 6) is 1.27. The number of aromatic nitrogens is 3. The average molecular weight is 429 g/mol. The number of hydrogen-bond donors (Lipinski definition) is 1.